The molecular weight excluding hydrogens is 306 g/mol. The number of methoxy groups -OCH3 is 1. The lowest BCUT2D eigenvalue weighted by Crippen LogP contribution is -2.22. The zero-order chi connectivity index (χ0) is 17.7. The van der Waals surface area contributed by atoms with Gasteiger partial charge in [-0.05, 0) is 31.0 Å². The van der Waals surface area contributed by atoms with Crippen LogP contribution in [0, 0.1) is 12.8 Å². The average Bonchev–Trinajstić information content (AvgIpc) is 2.56. The molecule has 0 radical (unpaired) electrons. The maximum absolute atomic E-state index is 12.3. The normalized spacial score (nSPS) is 11.6. The number of benzene rings is 2. The summed E-state index contributed by atoms with van der Waals surface area (Å²) in [6, 6.07) is 12.6. The Morgan fingerprint density at radius 3 is 2.42 bits per heavy atom. The second-order valence-electron chi connectivity index (χ2n) is 5.80. The number of hydrogen-bond acceptors (Lipinski definition) is 3. The predicted octanol–water partition coefficient (Wildman–Crippen LogP) is 3.52. The average molecular weight is 327 g/mol. The Labute approximate surface area is 141 Å². The molecular formula is C19H21NO4. The van der Waals surface area contributed by atoms with Crippen molar-refractivity contribution in [2.75, 3.05) is 12.4 Å². The maximum atomic E-state index is 12.3. The molecule has 0 saturated heterocycles. The molecule has 0 aliphatic heterocycles. The largest absolute Gasteiger partial charge is 0.496 e. The third-order valence-electron chi connectivity index (χ3n) is 3.81. The van der Waals surface area contributed by atoms with Gasteiger partial charge < -0.3 is 15.2 Å². The van der Waals surface area contributed by atoms with Crippen LogP contribution >= 0.6 is 0 Å². The van der Waals surface area contributed by atoms with Crippen LogP contribution in [0.3, 0.4) is 0 Å². The number of hydrogen-bond donors (Lipinski definition) is 2. The van der Waals surface area contributed by atoms with Gasteiger partial charge in [0.2, 0.25) is 5.91 Å². The van der Waals surface area contributed by atoms with Crippen LogP contribution in [0.2, 0.25) is 0 Å². The molecule has 5 nitrogen and oxygen atoms in total. The first-order valence-corrected chi connectivity index (χ1v) is 7.68. The minimum Gasteiger partial charge on any atom is -0.496 e. The summed E-state index contributed by atoms with van der Waals surface area (Å²) in [6.07, 6.45) is 0.635. The third kappa shape index (κ3) is 4.35. The van der Waals surface area contributed by atoms with E-state index in [1.807, 2.05) is 38.1 Å². The van der Waals surface area contributed by atoms with Crippen LogP contribution in [0.5, 0.6) is 5.75 Å². The van der Waals surface area contributed by atoms with E-state index in [1.54, 1.807) is 6.07 Å². The van der Waals surface area contributed by atoms with E-state index in [0.717, 1.165) is 5.56 Å². The molecule has 0 heterocycles. The molecule has 0 bridgehead atoms. The van der Waals surface area contributed by atoms with E-state index in [-0.39, 0.29) is 23.1 Å². The van der Waals surface area contributed by atoms with Crippen LogP contribution in [0.15, 0.2) is 42.5 Å². The number of carbonyl (C=O) groups is 2. The number of rotatable bonds is 6. The van der Waals surface area contributed by atoms with Crippen molar-refractivity contribution in [3.05, 3.63) is 59.2 Å². The van der Waals surface area contributed by atoms with Gasteiger partial charge in [-0.2, -0.15) is 0 Å². The number of aryl methyl sites for hydroxylation is 1. The molecule has 0 fully saturated rings. The Kier molecular flexibility index (Phi) is 5.58. The molecule has 0 aliphatic carbocycles. The number of carboxylic acids is 1. The SMILES string of the molecule is COc1cc(NC(=O)C(C)Cc2ccc(C)cc2)ccc1C(=O)O. The minimum absolute atomic E-state index is 0.0585. The Morgan fingerprint density at radius 2 is 1.83 bits per heavy atom. The van der Waals surface area contributed by atoms with Crippen molar-refractivity contribution in [1.82, 2.24) is 0 Å². The lowest BCUT2D eigenvalue weighted by atomic mass is 9.99. The molecule has 2 rings (SSSR count). The second kappa shape index (κ2) is 7.64. The van der Waals surface area contributed by atoms with E-state index >= 15 is 0 Å². The number of ether oxygens (including phenoxy) is 1. The highest BCUT2D eigenvalue weighted by Gasteiger charge is 2.16. The van der Waals surface area contributed by atoms with Crippen molar-refractivity contribution in [3.8, 4) is 5.75 Å². The fraction of sp³-hybridized carbons (Fsp3) is 0.263. The molecule has 2 N–H and O–H groups in total. The van der Waals surface area contributed by atoms with Crippen molar-refractivity contribution < 1.29 is 19.4 Å². The minimum atomic E-state index is -1.07. The van der Waals surface area contributed by atoms with Gasteiger partial charge in [0.1, 0.15) is 11.3 Å². The monoisotopic (exact) mass is 327 g/mol. The van der Waals surface area contributed by atoms with Gasteiger partial charge in [-0.3, -0.25) is 4.79 Å². The molecule has 1 atom stereocenters. The van der Waals surface area contributed by atoms with E-state index < -0.39 is 5.97 Å². The first-order chi connectivity index (χ1) is 11.4. The van der Waals surface area contributed by atoms with Crippen molar-refractivity contribution in [1.29, 1.82) is 0 Å². The summed E-state index contributed by atoms with van der Waals surface area (Å²) in [5.74, 6) is -1.19. The van der Waals surface area contributed by atoms with E-state index in [0.29, 0.717) is 12.1 Å². The molecule has 0 spiro atoms. The summed E-state index contributed by atoms with van der Waals surface area (Å²) in [5.41, 5.74) is 2.85. The van der Waals surface area contributed by atoms with Crippen molar-refractivity contribution in [3.63, 3.8) is 0 Å². The van der Waals surface area contributed by atoms with E-state index in [9.17, 15) is 9.59 Å². The predicted molar refractivity (Wildman–Crippen MR) is 92.6 cm³/mol. The molecule has 2 aromatic carbocycles. The van der Waals surface area contributed by atoms with Crippen LogP contribution in [0.25, 0.3) is 0 Å². The number of nitrogens with one attached hydrogen (secondary N) is 1. The quantitative estimate of drug-likeness (QED) is 0.851. The second-order valence-corrected chi connectivity index (χ2v) is 5.80. The summed E-state index contributed by atoms with van der Waals surface area (Å²) >= 11 is 0. The van der Waals surface area contributed by atoms with Crippen LogP contribution < -0.4 is 10.1 Å². The highest BCUT2D eigenvalue weighted by molar-refractivity contribution is 5.95. The Balaban J connectivity index is 2.05. The maximum Gasteiger partial charge on any atom is 0.339 e. The van der Waals surface area contributed by atoms with Crippen LogP contribution in [-0.2, 0) is 11.2 Å². The van der Waals surface area contributed by atoms with Crippen LogP contribution in [0.4, 0.5) is 5.69 Å². The molecule has 1 unspecified atom stereocenters. The van der Waals surface area contributed by atoms with Crippen molar-refractivity contribution >= 4 is 17.6 Å². The lowest BCUT2D eigenvalue weighted by molar-refractivity contribution is -0.119. The lowest BCUT2D eigenvalue weighted by Gasteiger charge is -2.14. The van der Waals surface area contributed by atoms with Crippen LogP contribution in [0.1, 0.15) is 28.4 Å². The van der Waals surface area contributed by atoms with Gasteiger partial charge >= 0.3 is 5.97 Å². The molecule has 0 aliphatic rings. The number of anilines is 1. The summed E-state index contributed by atoms with van der Waals surface area (Å²) in [5, 5.41) is 11.9. The Hall–Kier alpha value is -2.82. The molecule has 2 aromatic rings. The van der Waals surface area contributed by atoms with Gasteiger partial charge in [-0.1, -0.05) is 36.8 Å². The van der Waals surface area contributed by atoms with E-state index in [2.05, 4.69) is 5.32 Å². The van der Waals surface area contributed by atoms with Gasteiger partial charge in [0, 0.05) is 17.7 Å². The molecule has 126 valence electrons. The number of amides is 1. The number of carboxylic acid groups (broad SMARTS) is 1. The van der Waals surface area contributed by atoms with E-state index in [1.165, 1.54) is 24.8 Å². The van der Waals surface area contributed by atoms with Gasteiger partial charge in [-0.15, -0.1) is 0 Å². The summed E-state index contributed by atoms with van der Waals surface area (Å²) in [4.78, 5) is 23.4. The zero-order valence-corrected chi connectivity index (χ0v) is 14.0. The summed E-state index contributed by atoms with van der Waals surface area (Å²) < 4.78 is 5.06. The fourth-order valence-electron chi connectivity index (χ4n) is 2.38. The Morgan fingerprint density at radius 1 is 1.17 bits per heavy atom. The first-order valence-electron chi connectivity index (χ1n) is 7.68. The zero-order valence-electron chi connectivity index (χ0n) is 14.0. The fourth-order valence-corrected chi connectivity index (χ4v) is 2.38. The van der Waals surface area contributed by atoms with Crippen molar-refractivity contribution in [2.45, 2.75) is 20.3 Å². The van der Waals surface area contributed by atoms with E-state index in [4.69, 9.17) is 9.84 Å². The molecule has 0 aromatic heterocycles. The molecule has 1 amide bonds. The number of aromatic carboxylic acids is 1. The first kappa shape index (κ1) is 17.5. The van der Waals surface area contributed by atoms with Gasteiger partial charge in [-0.25, -0.2) is 4.79 Å². The smallest absolute Gasteiger partial charge is 0.339 e. The Bertz CT molecular complexity index is 738. The van der Waals surface area contributed by atoms with Crippen LogP contribution in [-0.4, -0.2) is 24.1 Å². The number of carbonyl (C=O) groups excluding carboxylic acids is 1. The van der Waals surface area contributed by atoms with Gasteiger partial charge in [0.15, 0.2) is 0 Å². The molecule has 24 heavy (non-hydrogen) atoms. The molecule has 5 heteroatoms. The molecule has 0 saturated carbocycles. The highest BCUT2D eigenvalue weighted by atomic mass is 16.5. The van der Waals surface area contributed by atoms with Gasteiger partial charge in [0.25, 0.3) is 0 Å². The summed E-state index contributed by atoms with van der Waals surface area (Å²) in [6.45, 7) is 3.88. The van der Waals surface area contributed by atoms with Crippen molar-refractivity contribution in [2.24, 2.45) is 5.92 Å². The summed E-state index contributed by atoms with van der Waals surface area (Å²) in [7, 11) is 1.40. The standard InChI is InChI=1S/C19H21NO4/c1-12-4-6-14(7-5-12)10-13(2)18(21)20-15-8-9-16(19(22)23)17(11-15)24-3/h4-9,11,13H,10H2,1-3H3,(H,20,21)(H,22,23). The van der Waals surface area contributed by atoms with Gasteiger partial charge in [0.05, 0.1) is 7.11 Å². The highest BCUT2D eigenvalue weighted by Crippen LogP contribution is 2.24. The third-order valence-corrected chi connectivity index (χ3v) is 3.81. The topological polar surface area (TPSA) is 75.6 Å².